The van der Waals surface area contributed by atoms with Crippen LogP contribution < -0.4 is 4.72 Å². The fourth-order valence-corrected chi connectivity index (χ4v) is 3.46. The highest BCUT2D eigenvalue weighted by atomic mass is 32.2. The molecule has 1 N–H and O–H groups in total. The molecular formula is C12H24N2O4S. The summed E-state index contributed by atoms with van der Waals surface area (Å²) in [6.45, 7) is 4.55. The minimum Gasteiger partial charge on any atom is -0.469 e. The van der Waals surface area contributed by atoms with Crippen molar-refractivity contribution >= 4 is 16.0 Å². The first kappa shape index (κ1) is 16.4. The van der Waals surface area contributed by atoms with Crippen molar-refractivity contribution in [2.24, 2.45) is 0 Å². The van der Waals surface area contributed by atoms with E-state index in [2.05, 4.69) is 21.3 Å². The Bertz CT molecular complexity index is 383. The lowest BCUT2D eigenvalue weighted by Crippen LogP contribution is -2.40. The first-order chi connectivity index (χ1) is 8.98. The zero-order valence-electron chi connectivity index (χ0n) is 11.7. The van der Waals surface area contributed by atoms with Crippen molar-refractivity contribution < 1.29 is 17.9 Å². The lowest BCUT2D eigenvalue weighted by atomic mass is 10.2. The minimum atomic E-state index is -3.29. The van der Waals surface area contributed by atoms with Gasteiger partial charge < -0.3 is 4.74 Å². The normalized spacial score (nSPS) is 20.6. The number of esters is 1. The molecule has 1 saturated heterocycles. The summed E-state index contributed by atoms with van der Waals surface area (Å²) < 4.78 is 30.7. The highest BCUT2D eigenvalue weighted by Crippen LogP contribution is 2.15. The maximum absolute atomic E-state index is 11.8. The van der Waals surface area contributed by atoms with Crippen molar-refractivity contribution in [3.63, 3.8) is 0 Å². The first-order valence-electron chi connectivity index (χ1n) is 6.76. The number of likely N-dealkylation sites (tertiary alicyclic amines) is 1. The van der Waals surface area contributed by atoms with E-state index in [1.165, 1.54) is 7.11 Å². The lowest BCUT2D eigenvalue weighted by molar-refractivity contribution is -0.140. The maximum Gasteiger partial charge on any atom is 0.305 e. The van der Waals surface area contributed by atoms with Gasteiger partial charge in [0.15, 0.2) is 0 Å². The van der Waals surface area contributed by atoms with E-state index in [1.807, 2.05) is 0 Å². The molecule has 0 amide bonds. The zero-order chi connectivity index (χ0) is 14.3. The maximum atomic E-state index is 11.8. The van der Waals surface area contributed by atoms with Gasteiger partial charge in [0.25, 0.3) is 0 Å². The SMILES string of the molecule is CCN1CCCC1CNS(=O)(=O)CCCC(=O)OC. The Morgan fingerprint density at radius 3 is 2.84 bits per heavy atom. The number of sulfonamides is 1. The summed E-state index contributed by atoms with van der Waals surface area (Å²) >= 11 is 0. The number of carbonyl (C=O) groups is 1. The van der Waals surface area contributed by atoms with Crippen molar-refractivity contribution in [2.75, 3.05) is 32.5 Å². The molecular weight excluding hydrogens is 268 g/mol. The van der Waals surface area contributed by atoms with Gasteiger partial charge in [-0.05, 0) is 32.4 Å². The largest absolute Gasteiger partial charge is 0.469 e. The molecule has 0 radical (unpaired) electrons. The van der Waals surface area contributed by atoms with Gasteiger partial charge in [0, 0.05) is 19.0 Å². The number of carbonyl (C=O) groups excluding carboxylic acids is 1. The van der Waals surface area contributed by atoms with Crippen LogP contribution in [0.15, 0.2) is 0 Å². The fourth-order valence-electron chi connectivity index (χ4n) is 2.35. The van der Waals surface area contributed by atoms with Crippen LogP contribution >= 0.6 is 0 Å². The highest BCUT2D eigenvalue weighted by molar-refractivity contribution is 7.89. The third kappa shape index (κ3) is 5.88. The first-order valence-corrected chi connectivity index (χ1v) is 8.42. The Balaban J connectivity index is 2.28. The van der Waals surface area contributed by atoms with Gasteiger partial charge in [-0.1, -0.05) is 6.92 Å². The summed E-state index contributed by atoms with van der Waals surface area (Å²) in [6.07, 6.45) is 2.60. The van der Waals surface area contributed by atoms with Crippen molar-refractivity contribution in [2.45, 2.75) is 38.6 Å². The van der Waals surface area contributed by atoms with Crippen LogP contribution in [0, 0.1) is 0 Å². The molecule has 1 aliphatic heterocycles. The Kier molecular flexibility index (Phi) is 6.74. The molecule has 7 heteroatoms. The van der Waals surface area contributed by atoms with E-state index in [0.29, 0.717) is 19.0 Å². The van der Waals surface area contributed by atoms with Crippen molar-refractivity contribution in [1.82, 2.24) is 9.62 Å². The third-order valence-electron chi connectivity index (χ3n) is 3.47. The number of methoxy groups -OCH3 is 1. The smallest absolute Gasteiger partial charge is 0.305 e. The molecule has 1 atom stereocenters. The highest BCUT2D eigenvalue weighted by Gasteiger charge is 2.24. The van der Waals surface area contributed by atoms with Crippen LogP contribution in [0.4, 0.5) is 0 Å². The zero-order valence-corrected chi connectivity index (χ0v) is 12.5. The van der Waals surface area contributed by atoms with Crippen LogP contribution in [0.3, 0.4) is 0 Å². The second-order valence-corrected chi connectivity index (χ2v) is 6.70. The molecule has 1 heterocycles. The van der Waals surface area contributed by atoms with E-state index in [-0.39, 0.29) is 18.1 Å². The molecule has 0 saturated carbocycles. The standard InChI is InChI=1S/C12H24N2O4S/c1-3-14-8-4-6-11(14)10-13-19(16,17)9-5-7-12(15)18-2/h11,13H,3-10H2,1-2H3. The topological polar surface area (TPSA) is 75.7 Å². The Morgan fingerprint density at radius 2 is 2.21 bits per heavy atom. The van der Waals surface area contributed by atoms with Gasteiger partial charge in [-0.25, -0.2) is 13.1 Å². The second-order valence-electron chi connectivity index (χ2n) is 4.77. The Hall–Kier alpha value is -0.660. The van der Waals surface area contributed by atoms with E-state index < -0.39 is 10.0 Å². The van der Waals surface area contributed by atoms with Crippen LogP contribution in [0.25, 0.3) is 0 Å². The fraction of sp³-hybridized carbons (Fsp3) is 0.917. The van der Waals surface area contributed by atoms with Gasteiger partial charge in [-0.3, -0.25) is 9.69 Å². The molecule has 0 aliphatic carbocycles. The number of likely N-dealkylation sites (N-methyl/N-ethyl adjacent to an activating group) is 1. The predicted octanol–water partition coefficient (Wildman–Crippen LogP) is 0.343. The number of nitrogens with one attached hydrogen (secondary N) is 1. The summed E-state index contributed by atoms with van der Waals surface area (Å²) in [7, 11) is -1.99. The van der Waals surface area contributed by atoms with E-state index >= 15 is 0 Å². The molecule has 0 bridgehead atoms. The van der Waals surface area contributed by atoms with E-state index in [1.54, 1.807) is 0 Å². The predicted molar refractivity (Wildman–Crippen MR) is 73.3 cm³/mol. The van der Waals surface area contributed by atoms with E-state index in [0.717, 1.165) is 25.9 Å². The molecule has 19 heavy (non-hydrogen) atoms. The van der Waals surface area contributed by atoms with Crippen molar-refractivity contribution in [3.05, 3.63) is 0 Å². The van der Waals surface area contributed by atoms with Gasteiger partial charge >= 0.3 is 5.97 Å². The lowest BCUT2D eigenvalue weighted by Gasteiger charge is -2.22. The van der Waals surface area contributed by atoms with Crippen molar-refractivity contribution in [1.29, 1.82) is 0 Å². The van der Waals surface area contributed by atoms with Crippen LogP contribution in [0.2, 0.25) is 0 Å². The van der Waals surface area contributed by atoms with Gasteiger partial charge in [0.1, 0.15) is 0 Å². The van der Waals surface area contributed by atoms with Gasteiger partial charge in [-0.2, -0.15) is 0 Å². The van der Waals surface area contributed by atoms with Gasteiger partial charge in [-0.15, -0.1) is 0 Å². The number of rotatable bonds is 8. The quantitative estimate of drug-likeness (QED) is 0.653. The Morgan fingerprint density at radius 1 is 1.47 bits per heavy atom. The molecule has 1 unspecified atom stereocenters. The summed E-state index contributed by atoms with van der Waals surface area (Å²) in [4.78, 5) is 13.2. The molecule has 1 rings (SSSR count). The van der Waals surface area contributed by atoms with Crippen molar-refractivity contribution in [3.8, 4) is 0 Å². The molecule has 0 spiro atoms. The summed E-state index contributed by atoms with van der Waals surface area (Å²) in [6, 6.07) is 0.306. The molecule has 0 aromatic carbocycles. The number of nitrogens with zero attached hydrogens (tertiary/aromatic N) is 1. The Labute approximate surface area is 115 Å². The molecule has 0 aromatic rings. The molecule has 6 nitrogen and oxygen atoms in total. The second kappa shape index (κ2) is 7.81. The summed E-state index contributed by atoms with van der Waals surface area (Å²) in [5.74, 6) is -0.399. The molecule has 1 fully saturated rings. The van der Waals surface area contributed by atoms with Crippen LogP contribution in [-0.2, 0) is 19.6 Å². The average Bonchev–Trinajstić information content (AvgIpc) is 2.83. The van der Waals surface area contributed by atoms with Crippen LogP contribution in [0.5, 0.6) is 0 Å². The number of hydrogen-bond acceptors (Lipinski definition) is 5. The van der Waals surface area contributed by atoms with E-state index in [4.69, 9.17) is 0 Å². The summed E-state index contributed by atoms with van der Waals surface area (Å²) in [5.41, 5.74) is 0. The number of hydrogen-bond donors (Lipinski definition) is 1. The van der Waals surface area contributed by atoms with Crippen LogP contribution in [-0.4, -0.2) is 57.8 Å². The monoisotopic (exact) mass is 292 g/mol. The van der Waals surface area contributed by atoms with Crippen LogP contribution in [0.1, 0.15) is 32.6 Å². The molecule has 1 aliphatic rings. The van der Waals surface area contributed by atoms with Gasteiger partial charge in [0.05, 0.1) is 12.9 Å². The minimum absolute atomic E-state index is 0.0268. The molecule has 112 valence electrons. The summed E-state index contributed by atoms with van der Waals surface area (Å²) in [5, 5.41) is 0. The van der Waals surface area contributed by atoms with Gasteiger partial charge in [0.2, 0.25) is 10.0 Å². The average molecular weight is 292 g/mol. The number of ether oxygens (including phenoxy) is 1. The van der Waals surface area contributed by atoms with E-state index in [9.17, 15) is 13.2 Å². The third-order valence-corrected chi connectivity index (χ3v) is 4.90. The molecule has 0 aromatic heterocycles.